The summed E-state index contributed by atoms with van der Waals surface area (Å²) in [5.74, 6) is 0.100. The summed E-state index contributed by atoms with van der Waals surface area (Å²) < 4.78 is 1.72. The third-order valence-electron chi connectivity index (χ3n) is 2.98. The van der Waals surface area contributed by atoms with E-state index in [1.54, 1.807) is 16.8 Å². The number of aryl methyl sites for hydroxylation is 2. The summed E-state index contributed by atoms with van der Waals surface area (Å²) in [5, 5.41) is 4.99. The van der Waals surface area contributed by atoms with E-state index in [0.717, 1.165) is 23.2 Å². The first-order valence-corrected chi connectivity index (χ1v) is 7.58. The van der Waals surface area contributed by atoms with Gasteiger partial charge in [0.1, 0.15) is 0 Å². The van der Waals surface area contributed by atoms with Crippen LogP contribution in [0.5, 0.6) is 0 Å². The van der Waals surface area contributed by atoms with Crippen LogP contribution in [0.4, 0.5) is 0 Å². The first-order valence-electron chi connectivity index (χ1n) is 7.20. The van der Waals surface area contributed by atoms with Crippen molar-refractivity contribution in [2.75, 3.05) is 0 Å². The minimum absolute atomic E-state index is 0.100. The normalized spacial score (nSPS) is 10.3. The molecule has 0 unspecified atom stereocenters. The summed E-state index contributed by atoms with van der Waals surface area (Å²) >= 11 is 6.02. The summed E-state index contributed by atoms with van der Waals surface area (Å²) in [4.78, 5) is 11.9. The molecule has 0 aromatic carbocycles. The lowest BCUT2D eigenvalue weighted by atomic mass is 10.1. The van der Waals surface area contributed by atoms with Crippen LogP contribution < -0.4 is 0 Å². The Balaban J connectivity index is 0.000000612. The lowest BCUT2D eigenvalue weighted by molar-refractivity contribution is 0.0989. The van der Waals surface area contributed by atoms with Gasteiger partial charge in [-0.05, 0) is 25.0 Å². The molecule has 0 N–H and O–H groups in total. The molecule has 0 fully saturated rings. The van der Waals surface area contributed by atoms with Gasteiger partial charge in [0, 0.05) is 18.2 Å². The molecule has 0 aliphatic heterocycles. The van der Waals surface area contributed by atoms with E-state index in [1.807, 2.05) is 13.8 Å². The second-order valence-corrected chi connectivity index (χ2v) is 5.21. The van der Waals surface area contributed by atoms with E-state index in [-0.39, 0.29) is 5.78 Å². The highest BCUT2D eigenvalue weighted by molar-refractivity contribution is 6.31. The SMILES string of the molecule is CCC.CCC(=O)c1cc(Cl)cn2nc(CC)c(C)c12. The van der Waals surface area contributed by atoms with Gasteiger partial charge in [-0.15, -0.1) is 0 Å². The molecule has 4 heteroatoms. The number of carbonyl (C=O) groups excluding carboxylic acids is 1. The summed E-state index contributed by atoms with van der Waals surface area (Å²) in [6.07, 6.45) is 4.32. The highest BCUT2D eigenvalue weighted by atomic mass is 35.5. The number of fused-ring (bicyclic) bond motifs is 1. The molecular formula is C16H23ClN2O. The van der Waals surface area contributed by atoms with Crippen molar-refractivity contribution in [2.24, 2.45) is 0 Å². The van der Waals surface area contributed by atoms with Crippen LogP contribution in [0.3, 0.4) is 0 Å². The molecule has 0 amide bonds. The third-order valence-corrected chi connectivity index (χ3v) is 3.19. The van der Waals surface area contributed by atoms with E-state index in [2.05, 4.69) is 25.9 Å². The number of rotatable bonds is 3. The van der Waals surface area contributed by atoms with Crippen LogP contribution in [0.25, 0.3) is 5.52 Å². The van der Waals surface area contributed by atoms with Crippen molar-refractivity contribution < 1.29 is 4.79 Å². The zero-order valence-corrected chi connectivity index (χ0v) is 13.7. The van der Waals surface area contributed by atoms with Crippen LogP contribution in [0.1, 0.15) is 62.2 Å². The van der Waals surface area contributed by atoms with Crippen molar-refractivity contribution in [3.8, 4) is 0 Å². The van der Waals surface area contributed by atoms with E-state index in [9.17, 15) is 4.79 Å². The smallest absolute Gasteiger partial charge is 0.164 e. The van der Waals surface area contributed by atoms with Crippen molar-refractivity contribution in [2.45, 2.75) is 53.9 Å². The maximum absolute atomic E-state index is 11.9. The van der Waals surface area contributed by atoms with E-state index in [0.29, 0.717) is 17.0 Å². The highest BCUT2D eigenvalue weighted by Crippen LogP contribution is 2.24. The average Bonchev–Trinajstić information content (AvgIpc) is 2.74. The largest absolute Gasteiger partial charge is 0.294 e. The van der Waals surface area contributed by atoms with Crippen LogP contribution in [0.2, 0.25) is 5.02 Å². The number of hydrogen-bond donors (Lipinski definition) is 0. The van der Waals surface area contributed by atoms with E-state index < -0.39 is 0 Å². The molecule has 0 atom stereocenters. The highest BCUT2D eigenvalue weighted by Gasteiger charge is 2.16. The molecule has 110 valence electrons. The lowest BCUT2D eigenvalue weighted by Crippen LogP contribution is -2.01. The number of aromatic nitrogens is 2. The molecule has 0 aliphatic rings. The Kier molecular flexibility index (Phi) is 6.21. The Bertz CT molecular complexity index is 602. The fourth-order valence-corrected chi connectivity index (χ4v) is 2.28. The van der Waals surface area contributed by atoms with Gasteiger partial charge < -0.3 is 0 Å². The summed E-state index contributed by atoms with van der Waals surface area (Å²) in [6, 6.07) is 1.73. The fourth-order valence-electron chi connectivity index (χ4n) is 2.08. The maximum atomic E-state index is 11.9. The monoisotopic (exact) mass is 294 g/mol. The first kappa shape index (κ1) is 16.7. The minimum Gasteiger partial charge on any atom is -0.294 e. The molecule has 2 aromatic heterocycles. The lowest BCUT2D eigenvalue weighted by Gasteiger charge is -2.03. The van der Waals surface area contributed by atoms with E-state index in [1.165, 1.54) is 6.42 Å². The molecular weight excluding hydrogens is 272 g/mol. The van der Waals surface area contributed by atoms with Gasteiger partial charge in [-0.2, -0.15) is 5.10 Å². The summed E-state index contributed by atoms with van der Waals surface area (Å²) in [7, 11) is 0. The van der Waals surface area contributed by atoms with Crippen molar-refractivity contribution >= 4 is 22.9 Å². The molecule has 0 bridgehead atoms. The quantitative estimate of drug-likeness (QED) is 0.757. The average molecular weight is 295 g/mol. The molecule has 0 aliphatic carbocycles. The number of nitrogens with zero attached hydrogens (tertiary/aromatic N) is 2. The van der Waals surface area contributed by atoms with Crippen LogP contribution in [0, 0.1) is 6.92 Å². The van der Waals surface area contributed by atoms with Gasteiger partial charge in [-0.3, -0.25) is 4.79 Å². The van der Waals surface area contributed by atoms with Crippen LogP contribution in [-0.4, -0.2) is 15.4 Å². The zero-order chi connectivity index (χ0) is 15.3. The Hall–Kier alpha value is -1.35. The predicted octanol–water partition coefficient (Wildman–Crippen LogP) is 4.87. The first-order chi connectivity index (χ1) is 9.49. The predicted molar refractivity (Wildman–Crippen MR) is 84.9 cm³/mol. The Labute approximate surface area is 125 Å². The number of halogens is 1. The third kappa shape index (κ3) is 3.40. The number of carbonyl (C=O) groups is 1. The van der Waals surface area contributed by atoms with Gasteiger partial charge in [0.25, 0.3) is 0 Å². The van der Waals surface area contributed by atoms with Gasteiger partial charge >= 0.3 is 0 Å². The van der Waals surface area contributed by atoms with Gasteiger partial charge in [0.2, 0.25) is 0 Å². The van der Waals surface area contributed by atoms with Gasteiger partial charge in [-0.25, -0.2) is 4.52 Å². The molecule has 0 saturated heterocycles. The second-order valence-electron chi connectivity index (χ2n) is 4.77. The Morgan fingerprint density at radius 2 is 1.90 bits per heavy atom. The number of Topliss-reactive ketones (excluding diaryl/α,β-unsaturated/α-hetero) is 1. The molecule has 0 spiro atoms. The summed E-state index contributed by atoms with van der Waals surface area (Å²) in [6.45, 7) is 10.2. The standard InChI is InChI=1S/C13H15ClN2O.C3H8/c1-4-11-8(3)13-10(12(17)5-2)6-9(14)7-16(13)15-11;1-3-2/h6-7H,4-5H2,1-3H3;3H2,1-2H3. The maximum Gasteiger partial charge on any atom is 0.164 e. The number of hydrogen-bond acceptors (Lipinski definition) is 2. The minimum atomic E-state index is 0.100. The van der Waals surface area contributed by atoms with Crippen molar-refractivity contribution in [1.82, 2.24) is 9.61 Å². The molecule has 3 nitrogen and oxygen atoms in total. The molecule has 0 saturated carbocycles. The molecule has 2 heterocycles. The van der Waals surface area contributed by atoms with Crippen LogP contribution in [0.15, 0.2) is 12.3 Å². The van der Waals surface area contributed by atoms with Crippen LogP contribution in [-0.2, 0) is 6.42 Å². The number of ketones is 1. The van der Waals surface area contributed by atoms with Crippen molar-refractivity contribution in [3.05, 3.63) is 34.1 Å². The van der Waals surface area contributed by atoms with Crippen LogP contribution >= 0.6 is 11.6 Å². The second kappa shape index (κ2) is 7.44. The van der Waals surface area contributed by atoms with Gasteiger partial charge in [0.05, 0.1) is 16.2 Å². The molecule has 20 heavy (non-hydrogen) atoms. The van der Waals surface area contributed by atoms with E-state index in [4.69, 9.17) is 11.6 Å². The van der Waals surface area contributed by atoms with Crippen molar-refractivity contribution in [3.63, 3.8) is 0 Å². The Morgan fingerprint density at radius 3 is 2.40 bits per heavy atom. The van der Waals surface area contributed by atoms with E-state index >= 15 is 0 Å². The molecule has 2 rings (SSSR count). The fraction of sp³-hybridized carbons (Fsp3) is 0.500. The Morgan fingerprint density at radius 1 is 1.30 bits per heavy atom. The van der Waals surface area contributed by atoms with Crippen molar-refractivity contribution in [1.29, 1.82) is 0 Å². The topological polar surface area (TPSA) is 34.4 Å². The zero-order valence-electron chi connectivity index (χ0n) is 13.0. The molecule has 0 radical (unpaired) electrons. The van der Waals surface area contributed by atoms with Gasteiger partial charge in [-0.1, -0.05) is 45.7 Å². The summed E-state index contributed by atoms with van der Waals surface area (Å²) in [5.41, 5.74) is 3.64. The van der Waals surface area contributed by atoms with Gasteiger partial charge in [0.15, 0.2) is 5.78 Å². The number of pyridine rings is 1. The molecule has 2 aromatic rings.